The lowest BCUT2D eigenvalue weighted by Gasteiger charge is -2.46. The van der Waals surface area contributed by atoms with Crippen LogP contribution in [0.2, 0.25) is 10.0 Å². The molecule has 6 heteroatoms. The van der Waals surface area contributed by atoms with E-state index in [1.165, 1.54) is 25.7 Å². The molecule has 0 bridgehead atoms. The van der Waals surface area contributed by atoms with Gasteiger partial charge in [-0.3, -0.25) is 14.6 Å². The van der Waals surface area contributed by atoms with E-state index in [1.54, 1.807) is 6.07 Å². The fourth-order valence-corrected chi connectivity index (χ4v) is 4.82. The molecule has 1 aromatic rings. The summed E-state index contributed by atoms with van der Waals surface area (Å²) < 4.78 is 0. The summed E-state index contributed by atoms with van der Waals surface area (Å²) in [5.41, 5.74) is 0.931. The number of hydrogen-bond acceptors (Lipinski definition) is 3. The summed E-state index contributed by atoms with van der Waals surface area (Å²) in [5, 5.41) is 1.04. The monoisotopic (exact) mass is 425 g/mol. The molecule has 1 amide bonds. The molecule has 2 saturated heterocycles. The molecule has 156 valence electrons. The van der Waals surface area contributed by atoms with Crippen LogP contribution in [0.5, 0.6) is 0 Å². The average molecular weight is 426 g/mol. The normalized spacial score (nSPS) is 22.6. The van der Waals surface area contributed by atoms with E-state index >= 15 is 0 Å². The van der Waals surface area contributed by atoms with Crippen LogP contribution in [0.25, 0.3) is 0 Å². The number of benzene rings is 1. The molecule has 0 unspecified atom stereocenters. The Labute approximate surface area is 179 Å². The molecule has 2 aliphatic heterocycles. The smallest absolute Gasteiger partial charge is 0.227 e. The van der Waals surface area contributed by atoms with Crippen molar-refractivity contribution in [3.05, 3.63) is 33.8 Å². The van der Waals surface area contributed by atoms with Gasteiger partial charge in [-0.25, -0.2) is 0 Å². The molecule has 2 fully saturated rings. The summed E-state index contributed by atoms with van der Waals surface area (Å²) in [6.45, 7) is 10.7. The second-order valence-corrected chi connectivity index (χ2v) is 9.03. The van der Waals surface area contributed by atoms with Gasteiger partial charge in [0.15, 0.2) is 0 Å². The van der Waals surface area contributed by atoms with E-state index in [1.807, 2.05) is 12.1 Å². The van der Waals surface area contributed by atoms with Gasteiger partial charge < -0.3 is 4.90 Å². The first-order valence-corrected chi connectivity index (χ1v) is 11.4. The number of piperazine rings is 1. The highest BCUT2D eigenvalue weighted by Gasteiger charge is 2.36. The molecule has 2 atom stereocenters. The molecular weight excluding hydrogens is 393 g/mol. The summed E-state index contributed by atoms with van der Waals surface area (Å²) in [5.74, 6) is 0.199. The van der Waals surface area contributed by atoms with Crippen molar-refractivity contribution < 1.29 is 4.79 Å². The summed E-state index contributed by atoms with van der Waals surface area (Å²) in [6, 6.07) is 6.14. The SMILES string of the molecule is CCCCN1CCN(C(=O)Cc2ccc(Cl)c(Cl)c2)[C@@H]([C@H](C)N2CCCC2)C1. The van der Waals surface area contributed by atoms with Crippen LogP contribution >= 0.6 is 23.2 Å². The summed E-state index contributed by atoms with van der Waals surface area (Å²) in [7, 11) is 0. The molecule has 0 saturated carbocycles. The van der Waals surface area contributed by atoms with Crippen LogP contribution in [0, 0.1) is 0 Å². The van der Waals surface area contributed by atoms with Crippen molar-refractivity contribution in [2.24, 2.45) is 0 Å². The quantitative estimate of drug-likeness (QED) is 0.649. The molecule has 0 spiro atoms. The van der Waals surface area contributed by atoms with Crippen LogP contribution in [-0.4, -0.2) is 72.0 Å². The van der Waals surface area contributed by atoms with Gasteiger partial charge in [0.1, 0.15) is 0 Å². The maximum atomic E-state index is 13.2. The Morgan fingerprint density at radius 1 is 1.14 bits per heavy atom. The van der Waals surface area contributed by atoms with Gasteiger partial charge in [0.05, 0.1) is 22.5 Å². The van der Waals surface area contributed by atoms with E-state index < -0.39 is 0 Å². The number of unbranched alkanes of at least 4 members (excludes halogenated alkanes) is 1. The Hall–Kier alpha value is -0.810. The number of likely N-dealkylation sites (tertiary alicyclic amines) is 1. The van der Waals surface area contributed by atoms with Crippen molar-refractivity contribution in [3.63, 3.8) is 0 Å². The lowest BCUT2D eigenvalue weighted by atomic mass is 10.0. The summed E-state index contributed by atoms with van der Waals surface area (Å²) in [6.07, 6.45) is 5.36. The molecule has 28 heavy (non-hydrogen) atoms. The Balaban J connectivity index is 1.71. The van der Waals surface area contributed by atoms with E-state index in [4.69, 9.17) is 23.2 Å². The molecule has 0 N–H and O–H groups in total. The van der Waals surface area contributed by atoms with Gasteiger partial charge in [-0.2, -0.15) is 0 Å². The number of rotatable bonds is 7. The highest BCUT2D eigenvalue weighted by Crippen LogP contribution is 2.25. The van der Waals surface area contributed by atoms with E-state index in [-0.39, 0.29) is 11.9 Å². The van der Waals surface area contributed by atoms with Crippen LogP contribution in [0.15, 0.2) is 18.2 Å². The third kappa shape index (κ3) is 5.41. The van der Waals surface area contributed by atoms with Gasteiger partial charge in [-0.1, -0.05) is 42.6 Å². The minimum Gasteiger partial charge on any atom is -0.335 e. The van der Waals surface area contributed by atoms with Crippen LogP contribution < -0.4 is 0 Å². The fraction of sp³-hybridized carbons (Fsp3) is 0.682. The molecule has 1 aromatic carbocycles. The number of carbonyl (C=O) groups excluding carboxylic acids is 1. The molecule has 3 rings (SSSR count). The number of amides is 1. The molecule has 0 radical (unpaired) electrons. The van der Waals surface area contributed by atoms with Gasteiger partial charge in [0, 0.05) is 25.7 Å². The Kier molecular flexibility index (Phi) is 8.04. The lowest BCUT2D eigenvalue weighted by Crippen LogP contribution is -2.62. The van der Waals surface area contributed by atoms with Gasteiger partial charge in [-0.05, 0) is 63.5 Å². The van der Waals surface area contributed by atoms with Crippen molar-refractivity contribution in [1.82, 2.24) is 14.7 Å². The fourth-order valence-electron chi connectivity index (χ4n) is 4.49. The second-order valence-electron chi connectivity index (χ2n) is 8.22. The van der Waals surface area contributed by atoms with Gasteiger partial charge in [-0.15, -0.1) is 0 Å². The second kappa shape index (κ2) is 10.3. The number of carbonyl (C=O) groups is 1. The molecule has 0 aromatic heterocycles. The van der Waals surface area contributed by atoms with E-state index in [2.05, 4.69) is 28.5 Å². The van der Waals surface area contributed by atoms with Crippen molar-refractivity contribution in [2.75, 3.05) is 39.3 Å². The third-order valence-corrected chi connectivity index (χ3v) is 7.00. The highest BCUT2D eigenvalue weighted by atomic mass is 35.5. The topological polar surface area (TPSA) is 26.8 Å². The number of halogens is 2. The zero-order valence-electron chi connectivity index (χ0n) is 17.2. The lowest BCUT2D eigenvalue weighted by molar-refractivity contribution is -0.137. The summed E-state index contributed by atoms with van der Waals surface area (Å²) >= 11 is 12.2. The predicted octanol–water partition coefficient (Wildman–Crippen LogP) is 4.33. The first kappa shape index (κ1) is 21.9. The van der Waals surface area contributed by atoms with Crippen molar-refractivity contribution in [1.29, 1.82) is 0 Å². The van der Waals surface area contributed by atoms with E-state index in [0.717, 1.165) is 44.8 Å². The highest BCUT2D eigenvalue weighted by molar-refractivity contribution is 6.42. The Morgan fingerprint density at radius 3 is 2.57 bits per heavy atom. The minimum absolute atomic E-state index is 0.199. The van der Waals surface area contributed by atoms with Crippen molar-refractivity contribution in [2.45, 2.75) is 58.0 Å². The maximum Gasteiger partial charge on any atom is 0.227 e. The van der Waals surface area contributed by atoms with Gasteiger partial charge in [0.2, 0.25) is 5.91 Å². The molecule has 4 nitrogen and oxygen atoms in total. The van der Waals surface area contributed by atoms with Crippen LogP contribution in [0.3, 0.4) is 0 Å². The van der Waals surface area contributed by atoms with Gasteiger partial charge in [0.25, 0.3) is 0 Å². The van der Waals surface area contributed by atoms with Crippen molar-refractivity contribution >= 4 is 29.1 Å². The molecular formula is C22H33Cl2N3O. The molecule has 2 heterocycles. The first-order chi connectivity index (χ1) is 13.5. The van der Waals surface area contributed by atoms with E-state index in [9.17, 15) is 4.79 Å². The molecule has 0 aliphatic carbocycles. The number of nitrogens with zero attached hydrogens (tertiary/aromatic N) is 3. The Bertz CT molecular complexity index is 663. The van der Waals surface area contributed by atoms with Crippen LogP contribution in [-0.2, 0) is 11.2 Å². The average Bonchev–Trinajstić information content (AvgIpc) is 3.23. The third-order valence-electron chi connectivity index (χ3n) is 6.26. The maximum absolute atomic E-state index is 13.2. The van der Waals surface area contributed by atoms with Crippen molar-refractivity contribution in [3.8, 4) is 0 Å². The first-order valence-electron chi connectivity index (χ1n) is 10.7. The zero-order chi connectivity index (χ0) is 20.1. The van der Waals surface area contributed by atoms with Crippen LogP contribution in [0.4, 0.5) is 0 Å². The Morgan fingerprint density at radius 2 is 1.89 bits per heavy atom. The standard InChI is InChI=1S/C22H33Cl2N3O/c1-3-4-9-25-12-13-27(21(16-25)17(2)26-10-5-6-11-26)22(28)15-18-7-8-19(23)20(24)14-18/h7-8,14,17,21H,3-6,9-13,15-16H2,1-2H3/t17-,21+/m0/s1. The van der Waals surface area contributed by atoms with Crippen LogP contribution in [0.1, 0.15) is 45.1 Å². The largest absolute Gasteiger partial charge is 0.335 e. The predicted molar refractivity (Wildman–Crippen MR) is 117 cm³/mol. The summed E-state index contributed by atoms with van der Waals surface area (Å²) in [4.78, 5) is 20.5. The number of hydrogen-bond donors (Lipinski definition) is 0. The minimum atomic E-state index is 0.199. The zero-order valence-corrected chi connectivity index (χ0v) is 18.7. The molecule has 2 aliphatic rings. The van der Waals surface area contributed by atoms with E-state index in [0.29, 0.717) is 22.5 Å². The van der Waals surface area contributed by atoms with Gasteiger partial charge >= 0.3 is 0 Å².